The number of fused-ring (bicyclic) bond motifs is 9. The largest absolute Gasteiger partial charge is 0.456 e. The van der Waals surface area contributed by atoms with Crippen LogP contribution >= 0.6 is 0 Å². The van der Waals surface area contributed by atoms with Crippen LogP contribution in [-0.2, 0) is 0 Å². The van der Waals surface area contributed by atoms with Gasteiger partial charge in [0.1, 0.15) is 11.2 Å². The molecule has 54 heavy (non-hydrogen) atoms. The van der Waals surface area contributed by atoms with E-state index in [1.807, 2.05) is 6.07 Å². The van der Waals surface area contributed by atoms with E-state index in [0.717, 1.165) is 51.0 Å². The molecule has 3 heteroatoms. The maximum absolute atomic E-state index is 6.50. The van der Waals surface area contributed by atoms with Crippen LogP contribution in [0, 0.1) is 0 Å². The molecule has 1 aliphatic carbocycles. The van der Waals surface area contributed by atoms with Gasteiger partial charge in [-0.3, -0.25) is 0 Å². The van der Waals surface area contributed by atoms with Gasteiger partial charge < -0.3 is 14.2 Å². The molecule has 1 atom stereocenters. The van der Waals surface area contributed by atoms with Crippen LogP contribution in [-0.4, -0.2) is 5.54 Å². The van der Waals surface area contributed by atoms with E-state index in [-0.39, 0.29) is 5.54 Å². The van der Waals surface area contributed by atoms with Crippen LogP contribution in [0.3, 0.4) is 0 Å². The van der Waals surface area contributed by atoms with Gasteiger partial charge >= 0.3 is 0 Å². The zero-order valence-electron chi connectivity index (χ0n) is 29.9. The van der Waals surface area contributed by atoms with E-state index < -0.39 is 0 Å². The van der Waals surface area contributed by atoms with Crippen molar-refractivity contribution in [1.29, 1.82) is 0 Å². The zero-order valence-corrected chi connectivity index (χ0v) is 29.9. The number of allylic oxidation sites excluding steroid dienone is 2. The van der Waals surface area contributed by atoms with Gasteiger partial charge in [-0.05, 0) is 137 Å². The van der Waals surface area contributed by atoms with Crippen molar-refractivity contribution in [3.63, 3.8) is 0 Å². The second-order valence-electron chi connectivity index (χ2n) is 14.7. The lowest BCUT2D eigenvalue weighted by atomic mass is 9.83. The molecule has 0 N–H and O–H groups in total. The minimum absolute atomic E-state index is 0.179. The molecule has 256 valence electrons. The summed E-state index contributed by atoms with van der Waals surface area (Å²) in [7, 11) is 0. The summed E-state index contributed by atoms with van der Waals surface area (Å²) < 4.78 is 6.50. The van der Waals surface area contributed by atoms with Gasteiger partial charge in [0.05, 0.1) is 11.2 Å². The molecule has 0 radical (unpaired) electrons. The van der Waals surface area contributed by atoms with E-state index in [2.05, 4.69) is 199 Å². The first-order chi connectivity index (χ1) is 26.6. The molecule has 0 bridgehead atoms. The molecule has 3 nitrogen and oxygen atoms in total. The Morgan fingerprint density at radius 3 is 1.94 bits per heavy atom. The molecule has 9 aromatic rings. The third-order valence-corrected chi connectivity index (χ3v) is 11.6. The number of nitrogens with zero attached hydrogens (tertiary/aromatic N) is 2. The standard InChI is InChI=1S/C51H36N2O/c1-51-28-14-13-22-47(51)46-31-42-35(30-48(46)53(51)39-19-9-4-10-20-39)29-41(44-33-50-45(32-43(42)44)40-21-11-12-23-49(40)54-50)34-24-26-38(27-25-34)52(36-15-5-2-6-16-36)37-17-7-3-8-18-37/h2-27,29-33H,28H2,1H3. The Kier molecular flexibility index (Phi) is 6.74. The molecule has 1 aromatic heterocycles. The molecular formula is C51H36N2O. The number of hydrogen-bond donors (Lipinski definition) is 0. The van der Waals surface area contributed by atoms with E-state index in [0.29, 0.717) is 0 Å². The predicted octanol–water partition coefficient (Wildman–Crippen LogP) is 14.3. The van der Waals surface area contributed by atoms with Crippen LogP contribution in [0.15, 0.2) is 193 Å². The topological polar surface area (TPSA) is 19.6 Å². The molecule has 1 unspecified atom stereocenters. The van der Waals surface area contributed by atoms with Crippen molar-refractivity contribution in [2.75, 3.05) is 9.80 Å². The van der Waals surface area contributed by atoms with Crippen molar-refractivity contribution in [3.05, 3.63) is 194 Å². The van der Waals surface area contributed by atoms with E-state index >= 15 is 0 Å². The van der Waals surface area contributed by atoms with Gasteiger partial charge in [0, 0.05) is 39.1 Å². The molecule has 11 rings (SSSR count). The number of rotatable bonds is 5. The highest BCUT2D eigenvalue weighted by atomic mass is 16.3. The smallest absolute Gasteiger partial charge is 0.136 e. The van der Waals surface area contributed by atoms with E-state index in [1.54, 1.807) is 0 Å². The SMILES string of the molecule is CC12CC=CC=C1c1cc3c(cc1N2c1ccccc1)cc(-c1ccc(N(c2ccccc2)c2ccccc2)cc1)c1cc2oc4ccccc4c2cc13. The highest BCUT2D eigenvalue weighted by Gasteiger charge is 2.45. The van der Waals surface area contributed by atoms with Gasteiger partial charge in [0.25, 0.3) is 0 Å². The van der Waals surface area contributed by atoms with Crippen molar-refractivity contribution in [3.8, 4) is 11.1 Å². The van der Waals surface area contributed by atoms with Crippen LogP contribution < -0.4 is 9.80 Å². The second-order valence-corrected chi connectivity index (χ2v) is 14.7. The van der Waals surface area contributed by atoms with Crippen molar-refractivity contribution >= 4 is 77.5 Å². The molecule has 2 aliphatic rings. The average Bonchev–Trinajstić information content (AvgIpc) is 3.71. The van der Waals surface area contributed by atoms with Gasteiger partial charge in [0.15, 0.2) is 0 Å². The average molecular weight is 693 g/mol. The number of para-hydroxylation sites is 4. The van der Waals surface area contributed by atoms with Crippen LogP contribution in [0.2, 0.25) is 0 Å². The minimum atomic E-state index is -0.179. The predicted molar refractivity (Wildman–Crippen MR) is 228 cm³/mol. The van der Waals surface area contributed by atoms with Crippen molar-refractivity contribution in [2.24, 2.45) is 0 Å². The molecule has 0 spiro atoms. The van der Waals surface area contributed by atoms with Crippen LogP contribution in [0.1, 0.15) is 18.9 Å². The van der Waals surface area contributed by atoms with Crippen molar-refractivity contribution in [2.45, 2.75) is 18.9 Å². The lowest BCUT2D eigenvalue weighted by Crippen LogP contribution is -2.40. The monoisotopic (exact) mass is 692 g/mol. The Hall–Kier alpha value is -6.84. The maximum Gasteiger partial charge on any atom is 0.136 e. The summed E-state index contributed by atoms with van der Waals surface area (Å²) in [5.41, 5.74) is 12.5. The van der Waals surface area contributed by atoms with Crippen LogP contribution in [0.4, 0.5) is 28.4 Å². The molecular weight excluding hydrogens is 657 g/mol. The summed E-state index contributed by atoms with van der Waals surface area (Å²) in [6.07, 6.45) is 7.80. The molecule has 0 saturated carbocycles. The summed E-state index contributed by atoms with van der Waals surface area (Å²) in [5.74, 6) is 0. The second kappa shape index (κ2) is 11.8. The number of hydrogen-bond acceptors (Lipinski definition) is 3. The van der Waals surface area contributed by atoms with Gasteiger partial charge in [-0.1, -0.05) is 103 Å². The van der Waals surface area contributed by atoms with Crippen LogP contribution in [0.25, 0.3) is 60.2 Å². The van der Waals surface area contributed by atoms with Gasteiger partial charge in [-0.2, -0.15) is 0 Å². The first kappa shape index (κ1) is 30.8. The van der Waals surface area contributed by atoms with E-state index in [9.17, 15) is 0 Å². The Balaban J connectivity index is 1.16. The summed E-state index contributed by atoms with van der Waals surface area (Å²) in [5, 5.41) is 7.17. The first-order valence-corrected chi connectivity index (χ1v) is 18.7. The summed E-state index contributed by atoms with van der Waals surface area (Å²) in [6, 6.07) is 61.4. The Morgan fingerprint density at radius 1 is 0.537 bits per heavy atom. The number of furan rings is 1. The third kappa shape index (κ3) is 4.61. The fourth-order valence-electron chi connectivity index (χ4n) is 9.05. The van der Waals surface area contributed by atoms with Gasteiger partial charge in [0.2, 0.25) is 0 Å². The normalized spacial score (nSPS) is 16.2. The number of benzene rings is 8. The van der Waals surface area contributed by atoms with E-state index in [4.69, 9.17) is 4.42 Å². The fraction of sp³-hybridized carbons (Fsp3) is 0.0588. The van der Waals surface area contributed by atoms with E-state index in [1.165, 1.54) is 49.6 Å². The summed E-state index contributed by atoms with van der Waals surface area (Å²) in [6.45, 7) is 2.39. The lowest BCUT2D eigenvalue weighted by Gasteiger charge is -2.39. The van der Waals surface area contributed by atoms with Crippen LogP contribution in [0.5, 0.6) is 0 Å². The molecule has 8 aromatic carbocycles. The highest BCUT2D eigenvalue weighted by Crippen LogP contribution is 2.55. The Labute approximate surface area is 314 Å². The van der Waals surface area contributed by atoms with Gasteiger partial charge in [-0.25, -0.2) is 0 Å². The Bertz CT molecular complexity index is 2920. The number of anilines is 5. The maximum atomic E-state index is 6.50. The molecule has 0 saturated heterocycles. The fourth-order valence-corrected chi connectivity index (χ4v) is 9.05. The molecule has 1 aliphatic heterocycles. The molecule has 2 heterocycles. The highest BCUT2D eigenvalue weighted by molar-refractivity contribution is 6.21. The zero-order chi connectivity index (χ0) is 35.8. The molecule has 0 amide bonds. The van der Waals surface area contributed by atoms with Crippen molar-refractivity contribution < 1.29 is 4.42 Å². The van der Waals surface area contributed by atoms with Crippen molar-refractivity contribution in [1.82, 2.24) is 0 Å². The summed E-state index contributed by atoms with van der Waals surface area (Å²) in [4.78, 5) is 4.87. The minimum Gasteiger partial charge on any atom is -0.456 e. The Morgan fingerprint density at radius 2 is 1.20 bits per heavy atom. The third-order valence-electron chi connectivity index (χ3n) is 11.6. The van der Waals surface area contributed by atoms with Gasteiger partial charge in [-0.15, -0.1) is 0 Å². The molecule has 0 fully saturated rings. The quantitative estimate of drug-likeness (QED) is 0.167. The lowest BCUT2D eigenvalue weighted by molar-refractivity contribution is 0.607. The summed E-state index contributed by atoms with van der Waals surface area (Å²) >= 11 is 0. The first-order valence-electron chi connectivity index (χ1n) is 18.7.